The van der Waals surface area contributed by atoms with Crippen molar-refractivity contribution in [3.05, 3.63) is 0 Å². The van der Waals surface area contributed by atoms with E-state index < -0.39 is 23.8 Å². The van der Waals surface area contributed by atoms with Gasteiger partial charge in [-0.2, -0.15) is 0 Å². The van der Waals surface area contributed by atoms with Crippen molar-refractivity contribution in [3.63, 3.8) is 0 Å². The van der Waals surface area contributed by atoms with Crippen LogP contribution in [0.3, 0.4) is 0 Å². The summed E-state index contributed by atoms with van der Waals surface area (Å²) in [6.07, 6.45) is 0.619. The van der Waals surface area contributed by atoms with E-state index in [0.717, 1.165) is 0 Å². The normalized spacial score (nSPS) is 14.2. The van der Waals surface area contributed by atoms with Gasteiger partial charge in [0.1, 0.15) is 0 Å². The maximum atomic E-state index is 10.8. The number of hydrogen-bond donors (Lipinski definition) is 4. The maximum absolute atomic E-state index is 10.8. The number of nitrogens with two attached hydrogens (primary N) is 2. The lowest BCUT2D eigenvalue weighted by Gasteiger charge is -2.15. The summed E-state index contributed by atoms with van der Waals surface area (Å²) in [6, 6.07) is 0. The Morgan fingerprint density at radius 1 is 0.941 bits per heavy atom. The number of aliphatic carboxylic acids is 2. The van der Waals surface area contributed by atoms with Gasteiger partial charge in [-0.1, -0.05) is 0 Å². The van der Waals surface area contributed by atoms with Crippen LogP contribution in [0.15, 0.2) is 0 Å². The zero-order chi connectivity index (χ0) is 13.3. The Balaban J connectivity index is 3.99. The number of rotatable bonds is 10. The molecule has 0 spiro atoms. The average molecular weight is 248 g/mol. The molecule has 0 aliphatic carbocycles. The predicted octanol–water partition coefficient (Wildman–Crippen LogP) is -0.898. The van der Waals surface area contributed by atoms with Crippen LogP contribution in [-0.4, -0.2) is 48.5 Å². The summed E-state index contributed by atoms with van der Waals surface area (Å²) in [5.41, 5.74) is 10.5. The van der Waals surface area contributed by atoms with Crippen molar-refractivity contribution in [1.82, 2.24) is 0 Å². The molecule has 2 atom stereocenters. The van der Waals surface area contributed by atoms with Gasteiger partial charge in [0, 0.05) is 0 Å². The number of ether oxygens (including phenoxy) is 1. The minimum absolute atomic E-state index is 0.0269. The highest BCUT2D eigenvalue weighted by Crippen LogP contribution is 2.07. The van der Waals surface area contributed by atoms with E-state index in [1.54, 1.807) is 0 Å². The van der Waals surface area contributed by atoms with E-state index in [2.05, 4.69) is 0 Å². The van der Waals surface area contributed by atoms with Crippen LogP contribution in [0, 0.1) is 11.8 Å². The molecule has 0 bridgehead atoms. The molecule has 0 aromatic rings. The molecule has 0 rings (SSSR count). The van der Waals surface area contributed by atoms with Gasteiger partial charge in [-0.3, -0.25) is 9.59 Å². The molecule has 0 aliphatic rings. The Morgan fingerprint density at radius 2 is 1.29 bits per heavy atom. The largest absolute Gasteiger partial charge is 0.481 e. The summed E-state index contributed by atoms with van der Waals surface area (Å²) >= 11 is 0. The van der Waals surface area contributed by atoms with E-state index >= 15 is 0 Å². The van der Waals surface area contributed by atoms with Crippen molar-refractivity contribution < 1.29 is 24.5 Å². The molecule has 2 unspecified atom stereocenters. The summed E-state index contributed by atoms with van der Waals surface area (Å²) in [5.74, 6) is -3.35. The summed E-state index contributed by atoms with van der Waals surface area (Å²) in [6.45, 7) is 0.457. The van der Waals surface area contributed by atoms with Gasteiger partial charge in [0.2, 0.25) is 0 Å². The topological polar surface area (TPSA) is 136 Å². The van der Waals surface area contributed by atoms with Crippen LogP contribution in [-0.2, 0) is 14.3 Å². The molecule has 7 heteroatoms. The quantitative estimate of drug-likeness (QED) is 0.393. The van der Waals surface area contributed by atoms with E-state index in [0.29, 0.717) is 12.8 Å². The Labute approximate surface area is 99.7 Å². The lowest BCUT2D eigenvalue weighted by molar-refractivity contribution is -0.146. The standard InChI is InChI=1S/C10H20N2O5/c11-3-1-7(9(13)14)5-17-6-8(2-4-12)10(15)16/h7-8H,1-6,11-12H2,(H,13,14)(H,15,16). The first-order valence-corrected chi connectivity index (χ1v) is 5.46. The van der Waals surface area contributed by atoms with Crippen molar-refractivity contribution in [2.45, 2.75) is 12.8 Å². The van der Waals surface area contributed by atoms with Gasteiger partial charge in [-0.25, -0.2) is 0 Å². The summed E-state index contributed by atoms with van der Waals surface area (Å²) in [4.78, 5) is 21.5. The third-order valence-corrected chi connectivity index (χ3v) is 2.37. The minimum Gasteiger partial charge on any atom is -0.481 e. The predicted molar refractivity (Wildman–Crippen MR) is 60.4 cm³/mol. The first kappa shape index (κ1) is 15.8. The number of hydrogen-bond acceptors (Lipinski definition) is 5. The molecule has 0 radical (unpaired) electrons. The third-order valence-electron chi connectivity index (χ3n) is 2.37. The SMILES string of the molecule is NCCC(COCC(CCN)C(=O)O)C(=O)O. The molecular weight excluding hydrogens is 228 g/mol. The second kappa shape index (κ2) is 8.91. The van der Waals surface area contributed by atoms with E-state index in [9.17, 15) is 9.59 Å². The molecule has 0 aromatic carbocycles. The van der Waals surface area contributed by atoms with Crippen LogP contribution in [0.25, 0.3) is 0 Å². The first-order chi connectivity index (χ1) is 8.02. The molecule has 0 aromatic heterocycles. The molecule has 0 saturated carbocycles. The molecule has 6 N–H and O–H groups in total. The van der Waals surface area contributed by atoms with Gasteiger partial charge in [-0.05, 0) is 25.9 Å². The molecule has 0 aliphatic heterocycles. The van der Waals surface area contributed by atoms with Crippen LogP contribution in [0.1, 0.15) is 12.8 Å². The Hall–Kier alpha value is -1.18. The summed E-state index contributed by atoms with van der Waals surface area (Å²) in [7, 11) is 0. The highest BCUT2D eigenvalue weighted by molar-refractivity contribution is 5.70. The van der Waals surface area contributed by atoms with Crippen molar-refractivity contribution >= 4 is 11.9 Å². The second-order valence-electron chi connectivity index (χ2n) is 3.76. The van der Waals surface area contributed by atoms with Crippen molar-refractivity contribution in [2.75, 3.05) is 26.3 Å². The van der Waals surface area contributed by atoms with Crippen molar-refractivity contribution in [3.8, 4) is 0 Å². The van der Waals surface area contributed by atoms with E-state index in [-0.39, 0.29) is 26.3 Å². The van der Waals surface area contributed by atoms with Gasteiger partial charge >= 0.3 is 11.9 Å². The number of carbonyl (C=O) groups is 2. The van der Waals surface area contributed by atoms with Gasteiger partial charge in [0.05, 0.1) is 25.0 Å². The summed E-state index contributed by atoms with van der Waals surface area (Å²) in [5, 5.41) is 17.6. The monoisotopic (exact) mass is 248 g/mol. The van der Waals surface area contributed by atoms with Gasteiger partial charge in [0.15, 0.2) is 0 Å². The number of carboxylic acid groups (broad SMARTS) is 2. The van der Waals surface area contributed by atoms with Crippen molar-refractivity contribution in [2.24, 2.45) is 23.3 Å². The third kappa shape index (κ3) is 6.88. The molecule has 0 saturated heterocycles. The molecular formula is C10H20N2O5. The molecule has 0 amide bonds. The highest BCUT2D eigenvalue weighted by Gasteiger charge is 2.20. The first-order valence-electron chi connectivity index (χ1n) is 5.46. The van der Waals surface area contributed by atoms with Crippen LogP contribution in [0.5, 0.6) is 0 Å². The molecule has 17 heavy (non-hydrogen) atoms. The zero-order valence-electron chi connectivity index (χ0n) is 9.67. The molecule has 7 nitrogen and oxygen atoms in total. The number of carboxylic acids is 2. The maximum Gasteiger partial charge on any atom is 0.308 e. The van der Waals surface area contributed by atoms with Crippen molar-refractivity contribution in [1.29, 1.82) is 0 Å². The van der Waals surface area contributed by atoms with Crippen LogP contribution in [0.2, 0.25) is 0 Å². The zero-order valence-corrected chi connectivity index (χ0v) is 9.67. The fourth-order valence-corrected chi connectivity index (χ4v) is 1.31. The smallest absolute Gasteiger partial charge is 0.308 e. The summed E-state index contributed by atoms with van der Waals surface area (Å²) < 4.78 is 5.11. The Kier molecular flexibility index (Phi) is 8.29. The lowest BCUT2D eigenvalue weighted by atomic mass is 10.1. The molecule has 0 fully saturated rings. The van der Waals surface area contributed by atoms with Crippen LogP contribution >= 0.6 is 0 Å². The van der Waals surface area contributed by atoms with E-state index in [4.69, 9.17) is 26.4 Å². The van der Waals surface area contributed by atoms with Gasteiger partial charge < -0.3 is 26.4 Å². The van der Waals surface area contributed by atoms with Crippen LogP contribution in [0.4, 0.5) is 0 Å². The van der Waals surface area contributed by atoms with Crippen LogP contribution < -0.4 is 11.5 Å². The Bertz CT molecular complexity index is 223. The fraction of sp³-hybridized carbons (Fsp3) is 0.800. The van der Waals surface area contributed by atoms with Gasteiger partial charge in [0.25, 0.3) is 0 Å². The highest BCUT2D eigenvalue weighted by atomic mass is 16.5. The average Bonchev–Trinajstić information content (AvgIpc) is 2.26. The second-order valence-corrected chi connectivity index (χ2v) is 3.76. The lowest BCUT2D eigenvalue weighted by Crippen LogP contribution is -2.27. The van der Waals surface area contributed by atoms with Gasteiger partial charge in [-0.15, -0.1) is 0 Å². The molecule has 0 heterocycles. The van der Waals surface area contributed by atoms with E-state index in [1.165, 1.54) is 0 Å². The molecule has 100 valence electrons. The fourth-order valence-electron chi connectivity index (χ4n) is 1.31. The Morgan fingerprint density at radius 3 is 1.53 bits per heavy atom. The van der Waals surface area contributed by atoms with E-state index in [1.807, 2.05) is 0 Å². The minimum atomic E-state index is -0.985.